The summed E-state index contributed by atoms with van der Waals surface area (Å²) in [6.45, 7) is 8.90. The van der Waals surface area contributed by atoms with Crippen molar-refractivity contribution in [3.63, 3.8) is 0 Å². The van der Waals surface area contributed by atoms with Gasteiger partial charge in [-0.1, -0.05) is 6.08 Å². The fraction of sp³-hybridized carbons (Fsp3) is 0.474. The molecule has 1 fully saturated rings. The average molecular weight is 309 g/mol. The molecule has 1 aliphatic carbocycles. The van der Waals surface area contributed by atoms with Crippen molar-refractivity contribution in [2.75, 3.05) is 14.1 Å². The van der Waals surface area contributed by atoms with E-state index in [1.807, 2.05) is 19.1 Å². The molecule has 0 amide bonds. The van der Waals surface area contributed by atoms with E-state index in [2.05, 4.69) is 29.9 Å². The van der Waals surface area contributed by atoms with Crippen LogP contribution in [0.25, 0.3) is 4.85 Å². The van der Waals surface area contributed by atoms with E-state index in [-0.39, 0.29) is 5.70 Å². The molecule has 0 N–H and O–H groups in total. The van der Waals surface area contributed by atoms with E-state index in [9.17, 15) is 0 Å². The van der Waals surface area contributed by atoms with Crippen LogP contribution in [0.15, 0.2) is 47.1 Å². The fourth-order valence-electron chi connectivity index (χ4n) is 3.07. The number of hydrogen-bond donors (Lipinski definition) is 0. The van der Waals surface area contributed by atoms with Crippen LogP contribution in [0.2, 0.25) is 0 Å². The van der Waals surface area contributed by atoms with Crippen molar-refractivity contribution in [2.45, 2.75) is 38.6 Å². The SMILES string of the molecule is [C-]#[N+]/C(C#N)=C1\C=C(C)OC(/C=C/C2CCC(N(C)C)CC2)=C1. The predicted molar refractivity (Wildman–Crippen MR) is 90.7 cm³/mol. The van der Waals surface area contributed by atoms with E-state index in [0.717, 1.165) is 0 Å². The first-order valence-corrected chi connectivity index (χ1v) is 7.97. The number of nitrogens with zero attached hydrogens (tertiary/aromatic N) is 3. The lowest BCUT2D eigenvalue weighted by molar-refractivity contribution is 0.209. The van der Waals surface area contributed by atoms with Crippen molar-refractivity contribution in [3.8, 4) is 6.07 Å². The molecule has 0 saturated heterocycles. The Morgan fingerprint density at radius 2 is 2.04 bits per heavy atom. The van der Waals surface area contributed by atoms with Crippen LogP contribution < -0.4 is 0 Å². The topological polar surface area (TPSA) is 40.6 Å². The maximum absolute atomic E-state index is 9.01. The summed E-state index contributed by atoms with van der Waals surface area (Å²) in [5.41, 5.74) is 0.729. The van der Waals surface area contributed by atoms with Gasteiger partial charge in [-0.25, -0.2) is 10.1 Å². The Labute approximate surface area is 138 Å². The molecule has 120 valence electrons. The summed E-state index contributed by atoms with van der Waals surface area (Å²) in [5, 5.41) is 9.01. The van der Waals surface area contributed by atoms with Crippen LogP contribution in [0.4, 0.5) is 0 Å². The summed E-state index contributed by atoms with van der Waals surface area (Å²) in [4.78, 5) is 5.58. The van der Waals surface area contributed by atoms with Crippen molar-refractivity contribution in [1.82, 2.24) is 4.90 Å². The molecule has 0 atom stereocenters. The van der Waals surface area contributed by atoms with Gasteiger partial charge in [-0.15, -0.1) is 0 Å². The van der Waals surface area contributed by atoms with Crippen LogP contribution in [0.3, 0.4) is 0 Å². The van der Waals surface area contributed by atoms with Gasteiger partial charge in [0, 0.05) is 6.04 Å². The van der Waals surface area contributed by atoms with E-state index in [4.69, 9.17) is 16.6 Å². The summed E-state index contributed by atoms with van der Waals surface area (Å²) in [7, 11) is 4.29. The van der Waals surface area contributed by atoms with Crippen molar-refractivity contribution in [3.05, 3.63) is 58.5 Å². The highest BCUT2D eigenvalue weighted by molar-refractivity contribution is 5.49. The first-order valence-electron chi connectivity index (χ1n) is 7.97. The quantitative estimate of drug-likeness (QED) is 0.580. The van der Waals surface area contributed by atoms with Gasteiger partial charge in [-0.2, -0.15) is 0 Å². The third-order valence-corrected chi connectivity index (χ3v) is 4.43. The molecule has 23 heavy (non-hydrogen) atoms. The Bertz CT molecular complexity index is 629. The molecule has 1 aliphatic heterocycles. The minimum absolute atomic E-state index is 0.102. The van der Waals surface area contributed by atoms with Gasteiger partial charge in [-0.05, 0) is 76.4 Å². The molecule has 0 unspecified atom stereocenters. The Kier molecular flexibility index (Phi) is 5.79. The molecule has 4 nitrogen and oxygen atoms in total. The van der Waals surface area contributed by atoms with Crippen molar-refractivity contribution < 1.29 is 4.74 Å². The van der Waals surface area contributed by atoms with Gasteiger partial charge in [-0.3, -0.25) is 0 Å². The third-order valence-electron chi connectivity index (χ3n) is 4.43. The molecular formula is C19H23N3O. The molecular weight excluding hydrogens is 286 g/mol. The Morgan fingerprint density at radius 3 is 2.61 bits per heavy atom. The first kappa shape index (κ1) is 17.1. The standard InChI is InChI=1S/C19H23N3O/c1-14-11-16(19(13-20)21-2)12-18(23-14)10-7-15-5-8-17(9-6-15)22(3)4/h7,10-12,15,17H,5-6,8-9H2,1,3-4H3/b10-7+,19-16+. The number of hydrogen-bond acceptors (Lipinski definition) is 3. The number of nitriles is 1. The lowest BCUT2D eigenvalue weighted by atomic mass is 9.85. The second kappa shape index (κ2) is 7.81. The minimum Gasteiger partial charge on any atom is -0.462 e. The van der Waals surface area contributed by atoms with Crippen LogP contribution in [0, 0.1) is 23.8 Å². The molecule has 0 aromatic carbocycles. The van der Waals surface area contributed by atoms with Gasteiger partial charge < -0.3 is 9.64 Å². The van der Waals surface area contributed by atoms with Gasteiger partial charge in [0.2, 0.25) is 0 Å². The summed E-state index contributed by atoms with van der Waals surface area (Å²) in [5.74, 6) is 1.98. The van der Waals surface area contributed by atoms with E-state index in [1.165, 1.54) is 25.7 Å². The summed E-state index contributed by atoms with van der Waals surface area (Å²) in [6.07, 6.45) is 12.5. The zero-order valence-electron chi connectivity index (χ0n) is 14.0. The molecule has 0 radical (unpaired) electrons. The molecule has 0 bridgehead atoms. The Hall–Kier alpha value is -2.30. The second-order valence-corrected chi connectivity index (χ2v) is 6.32. The lowest BCUT2D eigenvalue weighted by Crippen LogP contribution is -2.31. The molecule has 0 aromatic heterocycles. The predicted octanol–water partition coefficient (Wildman–Crippen LogP) is 4.18. The first-order chi connectivity index (χ1) is 11.0. The molecule has 0 spiro atoms. The Balaban J connectivity index is 2.05. The van der Waals surface area contributed by atoms with Gasteiger partial charge >= 0.3 is 0 Å². The van der Waals surface area contributed by atoms with E-state index < -0.39 is 0 Å². The van der Waals surface area contributed by atoms with Crippen LogP contribution >= 0.6 is 0 Å². The highest BCUT2D eigenvalue weighted by Gasteiger charge is 2.21. The van der Waals surface area contributed by atoms with E-state index in [0.29, 0.717) is 29.1 Å². The molecule has 1 saturated carbocycles. The molecule has 2 rings (SSSR count). The van der Waals surface area contributed by atoms with Gasteiger partial charge in [0.15, 0.2) is 0 Å². The van der Waals surface area contributed by atoms with Gasteiger partial charge in [0.1, 0.15) is 11.5 Å². The van der Waals surface area contributed by atoms with Crippen molar-refractivity contribution in [2.24, 2.45) is 5.92 Å². The summed E-state index contributed by atoms with van der Waals surface area (Å²) >= 11 is 0. The molecule has 2 aliphatic rings. The molecule has 0 aromatic rings. The Morgan fingerprint density at radius 1 is 1.35 bits per heavy atom. The number of rotatable bonds is 3. The second-order valence-electron chi connectivity index (χ2n) is 6.32. The van der Waals surface area contributed by atoms with Crippen LogP contribution in [0.1, 0.15) is 32.6 Å². The van der Waals surface area contributed by atoms with Crippen molar-refractivity contribution >= 4 is 0 Å². The third kappa shape index (κ3) is 4.58. The molecule has 1 heterocycles. The maximum Gasteiger partial charge on any atom is 0.269 e. The largest absolute Gasteiger partial charge is 0.462 e. The zero-order chi connectivity index (χ0) is 16.8. The fourth-order valence-corrected chi connectivity index (χ4v) is 3.07. The summed E-state index contributed by atoms with van der Waals surface area (Å²) < 4.78 is 5.69. The maximum atomic E-state index is 9.01. The molecule has 4 heteroatoms. The lowest BCUT2D eigenvalue weighted by Gasteiger charge is -2.31. The van der Waals surface area contributed by atoms with Gasteiger partial charge in [0.05, 0.1) is 12.6 Å². The zero-order valence-corrected chi connectivity index (χ0v) is 14.0. The van der Waals surface area contributed by atoms with Crippen LogP contribution in [-0.2, 0) is 4.74 Å². The average Bonchev–Trinajstić information content (AvgIpc) is 2.54. The summed E-state index contributed by atoms with van der Waals surface area (Å²) in [6, 6.07) is 2.63. The smallest absolute Gasteiger partial charge is 0.269 e. The number of ether oxygens (including phenoxy) is 1. The van der Waals surface area contributed by atoms with Crippen LogP contribution in [0.5, 0.6) is 0 Å². The van der Waals surface area contributed by atoms with Crippen LogP contribution in [-0.4, -0.2) is 25.0 Å². The minimum atomic E-state index is 0.102. The monoisotopic (exact) mass is 309 g/mol. The highest BCUT2D eigenvalue weighted by atomic mass is 16.5. The highest BCUT2D eigenvalue weighted by Crippen LogP contribution is 2.29. The van der Waals surface area contributed by atoms with E-state index in [1.54, 1.807) is 12.2 Å². The van der Waals surface area contributed by atoms with Crippen molar-refractivity contribution in [1.29, 1.82) is 5.26 Å². The van der Waals surface area contributed by atoms with E-state index >= 15 is 0 Å². The number of allylic oxidation sites excluding steroid dienone is 7. The van der Waals surface area contributed by atoms with Gasteiger partial charge in [0.25, 0.3) is 5.70 Å². The normalized spacial score (nSPS) is 26.9.